The largest absolute Gasteiger partial charge is 0.497 e. The molecule has 2 aromatic heterocycles. The highest BCUT2D eigenvalue weighted by molar-refractivity contribution is 7.99. The van der Waals surface area contributed by atoms with Gasteiger partial charge in [0.05, 0.1) is 19.5 Å². The van der Waals surface area contributed by atoms with Crippen LogP contribution >= 0.6 is 23.1 Å². The number of esters is 1. The summed E-state index contributed by atoms with van der Waals surface area (Å²) in [7, 11) is 3.44. The molecule has 38 heavy (non-hydrogen) atoms. The number of hydrogen-bond donors (Lipinski definition) is 1. The van der Waals surface area contributed by atoms with E-state index in [9.17, 15) is 9.59 Å². The van der Waals surface area contributed by atoms with Gasteiger partial charge >= 0.3 is 5.97 Å². The zero-order chi connectivity index (χ0) is 27.1. The number of thioether (sulfide) groups is 1. The highest BCUT2D eigenvalue weighted by Crippen LogP contribution is 2.36. The van der Waals surface area contributed by atoms with Gasteiger partial charge in [-0.2, -0.15) is 0 Å². The van der Waals surface area contributed by atoms with Crippen molar-refractivity contribution in [1.29, 1.82) is 0 Å². The van der Waals surface area contributed by atoms with Crippen molar-refractivity contribution >= 4 is 40.0 Å². The minimum absolute atomic E-state index is 0.0839. The topological polar surface area (TPSA) is 105 Å². The van der Waals surface area contributed by atoms with E-state index in [1.54, 1.807) is 18.6 Å². The van der Waals surface area contributed by atoms with Crippen LogP contribution in [0.25, 0.3) is 11.1 Å². The van der Waals surface area contributed by atoms with Gasteiger partial charge in [-0.25, -0.2) is 4.79 Å². The molecule has 0 aliphatic heterocycles. The predicted octanol–water partition coefficient (Wildman–Crippen LogP) is 5.60. The second kappa shape index (κ2) is 12.6. The van der Waals surface area contributed by atoms with Crippen LogP contribution in [0.15, 0.2) is 65.1 Å². The van der Waals surface area contributed by atoms with Crippen molar-refractivity contribution in [2.45, 2.75) is 25.1 Å². The van der Waals surface area contributed by atoms with Crippen LogP contribution in [-0.4, -0.2) is 46.1 Å². The number of ether oxygens (including phenoxy) is 3. The van der Waals surface area contributed by atoms with Crippen molar-refractivity contribution in [1.82, 2.24) is 14.8 Å². The first-order chi connectivity index (χ1) is 18.4. The summed E-state index contributed by atoms with van der Waals surface area (Å²) in [5, 5.41) is 14.2. The molecule has 1 unspecified atom stereocenters. The average molecular weight is 553 g/mol. The van der Waals surface area contributed by atoms with Crippen LogP contribution in [-0.2, 0) is 16.6 Å². The lowest BCUT2D eigenvalue weighted by Gasteiger charge is -2.14. The number of hydrogen-bond acceptors (Lipinski definition) is 9. The second-order valence-corrected chi connectivity index (χ2v) is 9.93. The summed E-state index contributed by atoms with van der Waals surface area (Å²) in [5.41, 5.74) is 1.95. The van der Waals surface area contributed by atoms with Gasteiger partial charge in [0, 0.05) is 18.0 Å². The van der Waals surface area contributed by atoms with Crippen molar-refractivity contribution in [2.24, 2.45) is 7.05 Å². The molecule has 1 amide bonds. The van der Waals surface area contributed by atoms with Crippen LogP contribution in [0.5, 0.6) is 11.5 Å². The lowest BCUT2D eigenvalue weighted by atomic mass is 10.0. The van der Waals surface area contributed by atoms with Crippen LogP contribution < -0.4 is 14.8 Å². The lowest BCUT2D eigenvalue weighted by Crippen LogP contribution is -2.17. The lowest BCUT2D eigenvalue weighted by molar-refractivity contribution is -0.113. The molecular formula is C27H28N4O5S2. The van der Waals surface area contributed by atoms with E-state index in [1.807, 2.05) is 73.9 Å². The highest BCUT2D eigenvalue weighted by Gasteiger charge is 2.23. The van der Waals surface area contributed by atoms with E-state index in [4.69, 9.17) is 14.2 Å². The summed E-state index contributed by atoms with van der Waals surface area (Å²) >= 11 is 2.54. The van der Waals surface area contributed by atoms with E-state index in [1.165, 1.54) is 23.1 Å². The molecular weight excluding hydrogens is 524 g/mol. The molecule has 0 aliphatic carbocycles. The van der Waals surface area contributed by atoms with Crippen LogP contribution in [0.4, 0.5) is 5.00 Å². The van der Waals surface area contributed by atoms with Crippen LogP contribution in [0.2, 0.25) is 0 Å². The number of benzene rings is 2. The van der Waals surface area contributed by atoms with Crippen molar-refractivity contribution in [3.05, 3.63) is 71.4 Å². The van der Waals surface area contributed by atoms with E-state index in [0.717, 1.165) is 16.9 Å². The standard InChI is InChI=1S/C27H28N4O5S2/c1-5-35-26(33)23-21(18-9-7-6-8-10-18)15-37-25(23)28-22(32)16-38-27-30-29-24(31(27)3)17(2)36-20-13-11-19(34-4)12-14-20/h6-15,17H,5,16H2,1-4H3,(H,28,32). The first-order valence-electron chi connectivity index (χ1n) is 11.9. The molecule has 4 rings (SSSR count). The van der Waals surface area contributed by atoms with Crippen LogP contribution in [0.1, 0.15) is 36.1 Å². The third kappa shape index (κ3) is 6.35. The number of anilines is 1. The Labute approximate surface area is 229 Å². The van der Waals surface area contributed by atoms with E-state index in [2.05, 4.69) is 15.5 Å². The number of nitrogens with zero attached hydrogens (tertiary/aromatic N) is 3. The highest BCUT2D eigenvalue weighted by atomic mass is 32.2. The van der Waals surface area contributed by atoms with Gasteiger partial charge in [-0.15, -0.1) is 21.5 Å². The maximum absolute atomic E-state index is 12.8. The Bertz CT molecular complexity index is 1390. The van der Waals surface area contributed by atoms with E-state index in [-0.39, 0.29) is 24.4 Å². The van der Waals surface area contributed by atoms with Crippen molar-refractivity contribution in [2.75, 3.05) is 24.8 Å². The Morgan fingerprint density at radius 3 is 2.47 bits per heavy atom. The molecule has 1 atom stereocenters. The monoisotopic (exact) mass is 552 g/mol. The summed E-state index contributed by atoms with van der Waals surface area (Å²) in [5.74, 6) is 1.39. The zero-order valence-electron chi connectivity index (χ0n) is 21.5. The van der Waals surface area contributed by atoms with Crippen LogP contribution in [0.3, 0.4) is 0 Å². The fourth-order valence-electron chi connectivity index (χ4n) is 3.70. The maximum atomic E-state index is 12.8. The van der Waals surface area contributed by atoms with Crippen molar-refractivity contribution in [3.63, 3.8) is 0 Å². The fraction of sp³-hybridized carbons (Fsp3) is 0.259. The van der Waals surface area contributed by atoms with Gasteiger partial charge in [0.1, 0.15) is 22.1 Å². The number of thiophene rings is 1. The third-order valence-corrected chi connectivity index (χ3v) is 7.46. The molecule has 0 fully saturated rings. The molecule has 0 saturated carbocycles. The minimum atomic E-state index is -0.473. The molecule has 198 valence electrons. The molecule has 0 saturated heterocycles. The summed E-state index contributed by atoms with van der Waals surface area (Å²) in [6.07, 6.45) is -0.362. The Balaban J connectivity index is 1.41. The summed E-state index contributed by atoms with van der Waals surface area (Å²) in [6.45, 7) is 3.87. The van der Waals surface area contributed by atoms with Crippen LogP contribution in [0, 0.1) is 0 Å². The number of nitrogens with one attached hydrogen (secondary N) is 1. The molecule has 2 aromatic carbocycles. The first-order valence-corrected chi connectivity index (χ1v) is 13.7. The molecule has 2 heterocycles. The van der Waals surface area contributed by atoms with Gasteiger partial charge in [0.15, 0.2) is 17.1 Å². The average Bonchev–Trinajstić information content (AvgIpc) is 3.51. The minimum Gasteiger partial charge on any atom is -0.497 e. The smallest absolute Gasteiger partial charge is 0.341 e. The Morgan fingerprint density at radius 1 is 1.08 bits per heavy atom. The fourth-order valence-corrected chi connectivity index (χ4v) is 5.39. The molecule has 9 nitrogen and oxygen atoms in total. The van der Waals surface area contributed by atoms with Gasteiger partial charge in [-0.1, -0.05) is 42.1 Å². The number of carbonyl (C=O) groups is 2. The Kier molecular flexibility index (Phi) is 9.03. The number of methoxy groups -OCH3 is 1. The SMILES string of the molecule is CCOC(=O)c1c(-c2ccccc2)csc1NC(=O)CSc1nnc(C(C)Oc2ccc(OC)cc2)n1C. The molecule has 1 N–H and O–H groups in total. The zero-order valence-corrected chi connectivity index (χ0v) is 23.1. The quantitative estimate of drug-likeness (QED) is 0.189. The van der Waals surface area contributed by atoms with Gasteiger partial charge in [-0.3, -0.25) is 4.79 Å². The van der Waals surface area contributed by atoms with E-state index in [0.29, 0.717) is 27.3 Å². The van der Waals surface area contributed by atoms with Gasteiger partial charge in [-0.05, 0) is 43.7 Å². The third-order valence-electron chi connectivity index (χ3n) is 5.55. The molecule has 0 radical (unpaired) electrons. The number of rotatable bonds is 11. The summed E-state index contributed by atoms with van der Waals surface area (Å²) in [4.78, 5) is 25.6. The van der Waals surface area contributed by atoms with Crippen molar-refractivity contribution < 1.29 is 23.8 Å². The number of aromatic nitrogens is 3. The first kappa shape index (κ1) is 27.2. The van der Waals surface area contributed by atoms with E-state index >= 15 is 0 Å². The van der Waals surface area contributed by atoms with Gasteiger partial charge in [0.25, 0.3) is 0 Å². The number of carbonyl (C=O) groups excluding carboxylic acids is 2. The summed E-state index contributed by atoms with van der Waals surface area (Å²) in [6, 6.07) is 16.8. The van der Waals surface area contributed by atoms with Gasteiger partial charge in [0.2, 0.25) is 5.91 Å². The van der Waals surface area contributed by atoms with Gasteiger partial charge < -0.3 is 24.1 Å². The normalized spacial score (nSPS) is 11.6. The van der Waals surface area contributed by atoms with E-state index < -0.39 is 5.97 Å². The molecule has 4 aromatic rings. The molecule has 0 aliphatic rings. The second-order valence-electron chi connectivity index (χ2n) is 8.11. The molecule has 0 bridgehead atoms. The summed E-state index contributed by atoms with van der Waals surface area (Å²) < 4.78 is 18.2. The Morgan fingerprint density at radius 2 is 1.79 bits per heavy atom. The predicted molar refractivity (Wildman–Crippen MR) is 148 cm³/mol. The number of amides is 1. The molecule has 11 heteroatoms. The van der Waals surface area contributed by atoms with Crippen molar-refractivity contribution in [3.8, 4) is 22.6 Å². The molecule has 0 spiro atoms. The maximum Gasteiger partial charge on any atom is 0.341 e. The Hall–Kier alpha value is -3.83.